The summed E-state index contributed by atoms with van der Waals surface area (Å²) < 4.78 is 0. The summed E-state index contributed by atoms with van der Waals surface area (Å²) in [6, 6.07) is 8.58. The van der Waals surface area contributed by atoms with Crippen LogP contribution in [0.25, 0.3) is 10.8 Å². The number of aryl methyl sites for hydroxylation is 1. The number of nitrogens with one attached hydrogen (secondary N) is 1. The van der Waals surface area contributed by atoms with E-state index >= 15 is 0 Å². The number of rotatable bonds is 3. The lowest BCUT2D eigenvalue weighted by Gasteiger charge is -2.17. The van der Waals surface area contributed by atoms with E-state index in [2.05, 4.69) is 27.6 Å². The van der Waals surface area contributed by atoms with Crippen LogP contribution in [-0.2, 0) is 0 Å². The zero-order chi connectivity index (χ0) is 13.2. The van der Waals surface area contributed by atoms with E-state index in [-0.39, 0.29) is 0 Å². The summed E-state index contributed by atoms with van der Waals surface area (Å²) in [4.78, 5) is 0. The van der Waals surface area contributed by atoms with Gasteiger partial charge in [0.15, 0.2) is 5.82 Å². The molecule has 0 radical (unpaired) electrons. The highest BCUT2D eigenvalue weighted by Crippen LogP contribution is 2.26. The van der Waals surface area contributed by atoms with E-state index in [4.69, 9.17) is 5.73 Å². The minimum atomic E-state index is 0.331. The second-order valence-corrected chi connectivity index (χ2v) is 5.42. The van der Waals surface area contributed by atoms with Crippen LogP contribution >= 0.6 is 0 Å². The molecule has 4 heteroatoms. The first-order chi connectivity index (χ1) is 9.25. The molecule has 1 aliphatic carbocycles. The van der Waals surface area contributed by atoms with E-state index in [1.54, 1.807) is 0 Å². The molecular weight excluding hydrogens is 236 g/mol. The summed E-state index contributed by atoms with van der Waals surface area (Å²) in [7, 11) is 0. The van der Waals surface area contributed by atoms with E-state index in [0.717, 1.165) is 35.2 Å². The van der Waals surface area contributed by atoms with Crippen molar-refractivity contribution in [3.05, 3.63) is 30.0 Å². The molecule has 100 valence electrons. The van der Waals surface area contributed by atoms with Crippen LogP contribution in [0, 0.1) is 12.8 Å². The van der Waals surface area contributed by atoms with E-state index in [1.807, 2.05) is 19.1 Å². The van der Waals surface area contributed by atoms with E-state index in [0.29, 0.717) is 12.0 Å². The summed E-state index contributed by atoms with van der Waals surface area (Å²) in [6.45, 7) is 2.88. The molecule has 0 saturated heterocycles. The van der Waals surface area contributed by atoms with E-state index < -0.39 is 0 Å². The molecule has 0 spiro atoms. The van der Waals surface area contributed by atoms with Gasteiger partial charge in [0.05, 0.1) is 5.69 Å². The van der Waals surface area contributed by atoms with Gasteiger partial charge in [-0.15, -0.1) is 5.10 Å². The summed E-state index contributed by atoms with van der Waals surface area (Å²) in [5, 5.41) is 14.3. The van der Waals surface area contributed by atoms with Gasteiger partial charge in [-0.25, -0.2) is 0 Å². The van der Waals surface area contributed by atoms with E-state index in [9.17, 15) is 0 Å². The molecule has 0 aliphatic heterocycles. The van der Waals surface area contributed by atoms with Crippen LogP contribution in [0.3, 0.4) is 0 Å². The highest BCUT2D eigenvalue weighted by Gasteiger charge is 2.23. The van der Waals surface area contributed by atoms with Gasteiger partial charge in [-0.1, -0.05) is 30.7 Å². The van der Waals surface area contributed by atoms with Crippen molar-refractivity contribution < 1.29 is 0 Å². The molecule has 2 aromatic rings. The second-order valence-electron chi connectivity index (χ2n) is 5.42. The zero-order valence-corrected chi connectivity index (χ0v) is 11.3. The molecule has 1 aliphatic rings. The quantitative estimate of drug-likeness (QED) is 0.885. The van der Waals surface area contributed by atoms with Crippen LogP contribution in [0.4, 0.5) is 5.82 Å². The van der Waals surface area contributed by atoms with Crippen LogP contribution < -0.4 is 11.1 Å². The number of hydrogen-bond acceptors (Lipinski definition) is 4. The van der Waals surface area contributed by atoms with Gasteiger partial charge in [-0.3, -0.25) is 0 Å². The van der Waals surface area contributed by atoms with Crippen LogP contribution in [-0.4, -0.2) is 22.8 Å². The van der Waals surface area contributed by atoms with Crippen LogP contribution in [0.1, 0.15) is 25.0 Å². The molecule has 1 aromatic heterocycles. The van der Waals surface area contributed by atoms with Crippen LogP contribution in [0.5, 0.6) is 0 Å². The number of fused-ring (bicyclic) bond motifs is 1. The third kappa shape index (κ3) is 2.40. The summed E-state index contributed by atoms with van der Waals surface area (Å²) in [6.07, 6.45) is 3.60. The highest BCUT2D eigenvalue weighted by atomic mass is 15.2. The van der Waals surface area contributed by atoms with Crippen LogP contribution in [0.2, 0.25) is 0 Å². The maximum atomic E-state index is 6.10. The molecule has 2 atom stereocenters. The number of nitrogens with two attached hydrogens (primary N) is 1. The fourth-order valence-corrected chi connectivity index (χ4v) is 2.92. The molecule has 1 heterocycles. The molecule has 4 nitrogen and oxygen atoms in total. The topological polar surface area (TPSA) is 63.8 Å². The fraction of sp³-hybridized carbons (Fsp3) is 0.467. The zero-order valence-electron chi connectivity index (χ0n) is 11.3. The van der Waals surface area contributed by atoms with Crippen molar-refractivity contribution in [1.82, 2.24) is 10.2 Å². The standard InChI is InChI=1S/C15H20N4/c1-10-12-6-2-3-7-13(12)15(19-18-10)17-9-11-5-4-8-14(11)16/h2-3,6-7,11,14H,4-5,8-9,16H2,1H3,(H,17,19). The van der Waals surface area contributed by atoms with Crippen molar-refractivity contribution in [2.45, 2.75) is 32.2 Å². The number of nitrogens with zero attached hydrogens (tertiary/aromatic N) is 2. The van der Waals surface area contributed by atoms with Gasteiger partial charge in [0.2, 0.25) is 0 Å². The van der Waals surface area contributed by atoms with Gasteiger partial charge >= 0.3 is 0 Å². The Balaban J connectivity index is 1.83. The predicted octanol–water partition coefficient (Wildman–Crippen LogP) is 2.48. The van der Waals surface area contributed by atoms with Crippen molar-refractivity contribution in [1.29, 1.82) is 0 Å². The Bertz CT molecular complexity index is 581. The van der Waals surface area contributed by atoms with Gasteiger partial charge in [-0.05, 0) is 25.7 Å². The van der Waals surface area contributed by atoms with Gasteiger partial charge in [0.25, 0.3) is 0 Å². The highest BCUT2D eigenvalue weighted by molar-refractivity contribution is 5.92. The average Bonchev–Trinajstić information content (AvgIpc) is 2.84. The van der Waals surface area contributed by atoms with Gasteiger partial charge < -0.3 is 11.1 Å². The molecule has 0 bridgehead atoms. The number of benzene rings is 1. The first-order valence-corrected chi connectivity index (χ1v) is 6.97. The second kappa shape index (κ2) is 5.13. The summed E-state index contributed by atoms with van der Waals surface area (Å²) >= 11 is 0. The number of aromatic nitrogens is 2. The van der Waals surface area contributed by atoms with Crippen LogP contribution in [0.15, 0.2) is 24.3 Å². The maximum Gasteiger partial charge on any atom is 0.156 e. The average molecular weight is 256 g/mol. The normalized spacial score (nSPS) is 22.8. The number of anilines is 1. The van der Waals surface area contributed by atoms with Gasteiger partial charge in [0, 0.05) is 23.4 Å². The lowest BCUT2D eigenvalue weighted by Crippen LogP contribution is -2.29. The molecule has 0 amide bonds. The third-order valence-corrected chi connectivity index (χ3v) is 4.12. The Hall–Kier alpha value is -1.68. The molecule has 1 aromatic carbocycles. The monoisotopic (exact) mass is 256 g/mol. The van der Waals surface area contributed by atoms with E-state index in [1.165, 1.54) is 12.8 Å². The SMILES string of the molecule is Cc1nnc(NCC2CCCC2N)c2ccccc12. The number of hydrogen-bond donors (Lipinski definition) is 2. The largest absolute Gasteiger partial charge is 0.368 e. The molecule has 3 rings (SSSR count). The minimum absolute atomic E-state index is 0.331. The lowest BCUT2D eigenvalue weighted by atomic mass is 10.0. The molecule has 1 fully saturated rings. The maximum absolute atomic E-state index is 6.10. The Morgan fingerprint density at radius 3 is 2.74 bits per heavy atom. The summed E-state index contributed by atoms with van der Waals surface area (Å²) in [5.74, 6) is 1.43. The third-order valence-electron chi connectivity index (χ3n) is 4.12. The molecule has 19 heavy (non-hydrogen) atoms. The molecular formula is C15H20N4. The molecule has 2 unspecified atom stereocenters. The lowest BCUT2D eigenvalue weighted by molar-refractivity contribution is 0.504. The van der Waals surface area contributed by atoms with Crippen molar-refractivity contribution >= 4 is 16.6 Å². The first kappa shape index (κ1) is 12.4. The Morgan fingerprint density at radius 2 is 2.00 bits per heavy atom. The fourth-order valence-electron chi connectivity index (χ4n) is 2.92. The Morgan fingerprint density at radius 1 is 1.21 bits per heavy atom. The van der Waals surface area contributed by atoms with Crippen molar-refractivity contribution in [3.63, 3.8) is 0 Å². The summed E-state index contributed by atoms with van der Waals surface area (Å²) in [5.41, 5.74) is 7.07. The Labute approximate surface area is 113 Å². The van der Waals surface area contributed by atoms with Crippen molar-refractivity contribution in [2.24, 2.45) is 11.7 Å². The Kier molecular flexibility index (Phi) is 3.34. The van der Waals surface area contributed by atoms with Crippen molar-refractivity contribution in [2.75, 3.05) is 11.9 Å². The smallest absolute Gasteiger partial charge is 0.156 e. The van der Waals surface area contributed by atoms with Crippen molar-refractivity contribution in [3.8, 4) is 0 Å². The minimum Gasteiger partial charge on any atom is -0.368 e. The molecule has 3 N–H and O–H groups in total. The van der Waals surface area contributed by atoms with Gasteiger partial charge in [0.1, 0.15) is 0 Å². The van der Waals surface area contributed by atoms with Gasteiger partial charge in [-0.2, -0.15) is 5.10 Å². The first-order valence-electron chi connectivity index (χ1n) is 6.97. The predicted molar refractivity (Wildman–Crippen MR) is 78.1 cm³/mol. The molecule has 1 saturated carbocycles.